The molecule has 2 aromatic carbocycles. The zero-order valence-corrected chi connectivity index (χ0v) is 10.4. The van der Waals surface area contributed by atoms with Crippen LogP contribution in [0.25, 0.3) is 0 Å². The smallest absolute Gasteiger partial charge is 0.181 e. The Morgan fingerprint density at radius 1 is 1.11 bits per heavy atom. The fourth-order valence-corrected chi connectivity index (χ4v) is 1.65. The first-order valence-corrected chi connectivity index (χ1v) is 5.85. The van der Waals surface area contributed by atoms with Gasteiger partial charge in [-0.25, -0.2) is 8.78 Å². The van der Waals surface area contributed by atoms with Gasteiger partial charge in [-0.2, -0.15) is 0 Å². The summed E-state index contributed by atoms with van der Waals surface area (Å²) in [6.07, 6.45) is 0. The van der Waals surface area contributed by atoms with Crippen molar-refractivity contribution in [2.45, 2.75) is 6.92 Å². The monoisotopic (exact) mass is 261 g/mol. The number of hydrogen-bond acceptors (Lipinski definition) is 2. The maximum Gasteiger partial charge on any atom is 0.181 e. The first kappa shape index (κ1) is 13.2. The van der Waals surface area contributed by atoms with Crippen molar-refractivity contribution in [3.63, 3.8) is 0 Å². The fraction of sp³-hybridized carbons (Fsp3) is 0.133. The second-order valence-electron chi connectivity index (χ2n) is 4.27. The van der Waals surface area contributed by atoms with E-state index in [0.717, 1.165) is 17.7 Å². The Morgan fingerprint density at radius 2 is 1.79 bits per heavy atom. The van der Waals surface area contributed by atoms with Crippen molar-refractivity contribution in [2.24, 2.45) is 0 Å². The SMILES string of the molecule is Cc1ccc(C(=O)CNc2ccc(F)cc2F)cc1. The number of halogens is 2. The first-order chi connectivity index (χ1) is 9.06. The van der Waals surface area contributed by atoms with E-state index in [1.165, 1.54) is 6.07 Å². The van der Waals surface area contributed by atoms with Crippen LogP contribution in [0.2, 0.25) is 0 Å². The quantitative estimate of drug-likeness (QED) is 0.852. The van der Waals surface area contributed by atoms with Gasteiger partial charge in [0.05, 0.1) is 12.2 Å². The van der Waals surface area contributed by atoms with Gasteiger partial charge in [-0.3, -0.25) is 4.79 Å². The average molecular weight is 261 g/mol. The molecule has 0 aromatic heterocycles. The number of carbonyl (C=O) groups excluding carboxylic acids is 1. The highest BCUT2D eigenvalue weighted by molar-refractivity contribution is 5.98. The highest BCUT2D eigenvalue weighted by Crippen LogP contribution is 2.15. The van der Waals surface area contributed by atoms with Crippen molar-refractivity contribution in [3.05, 3.63) is 65.2 Å². The normalized spacial score (nSPS) is 10.3. The lowest BCUT2D eigenvalue weighted by atomic mass is 10.1. The van der Waals surface area contributed by atoms with E-state index >= 15 is 0 Å². The van der Waals surface area contributed by atoms with Gasteiger partial charge in [-0.05, 0) is 19.1 Å². The zero-order valence-electron chi connectivity index (χ0n) is 10.4. The third-order valence-electron chi connectivity index (χ3n) is 2.74. The van der Waals surface area contributed by atoms with E-state index in [1.54, 1.807) is 12.1 Å². The molecule has 2 rings (SSSR count). The summed E-state index contributed by atoms with van der Waals surface area (Å²) in [6, 6.07) is 10.3. The molecule has 1 N–H and O–H groups in total. The number of Topliss-reactive ketones (excluding diaryl/α,β-unsaturated/α-hetero) is 1. The van der Waals surface area contributed by atoms with Crippen LogP contribution in [0.3, 0.4) is 0 Å². The van der Waals surface area contributed by atoms with E-state index in [0.29, 0.717) is 5.56 Å². The van der Waals surface area contributed by atoms with Crippen LogP contribution in [0, 0.1) is 18.6 Å². The van der Waals surface area contributed by atoms with Crippen molar-refractivity contribution in [1.29, 1.82) is 0 Å². The molecule has 0 saturated heterocycles. The molecule has 0 aliphatic heterocycles. The van der Waals surface area contributed by atoms with Crippen molar-refractivity contribution >= 4 is 11.5 Å². The first-order valence-electron chi connectivity index (χ1n) is 5.85. The molecule has 0 heterocycles. The van der Waals surface area contributed by atoms with Gasteiger partial charge >= 0.3 is 0 Å². The van der Waals surface area contributed by atoms with Crippen LogP contribution in [0.15, 0.2) is 42.5 Å². The molecule has 0 aliphatic carbocycles. The van der Waals surface area contributed by atoms with E-state index < -0.39 is 11.6 Å². The largest absolute Gasteiger partial charge is 0.375 e. The standard InChI is InChI=1S/C15H13F2NO/c1-10-2-4-11(5-3-10)15(19)9-18-14-7-6-12(16)8-13(14)17/h2-8,18H,9H2,1H3. The van der Waals surface area contributed by atoms with Gasteiger partial charge in [0.25, 0.3) is 0 Å². The van der Waals surface area contributed by atoms with Crippen LogP contribution < -0.4 is 5.32 Å². The van der Waals surface area contributed by atoms with Crippen LogP contribution in [0.5, 0.6) is 0 Å². The van der Waals surface area contributed by atoms with Gasteiger partial charge in [-0.1, -0.05) is 29.8 Å². The van der Waals surface area contributed by atoms with Crippen LogP contribution in [-0.2, 0) is 0 Å². The number of anilines is 1. The van der Waals surface area contributed by atoms with Gasteiger partial charge in [0.2, 0.25) is 0 Å². The summed E-state index contributed by atoms with van der Waals surface area (Å²) in [7, 11) is 0. The number of nitrogens with one attached hydrogen (secondary N) is 1. The highest BCUT2D eigenvalue weighted by Gasteiger charge is 2.08. The molecule has 0 spiro atoms. The molecule has 98 valence electrons. The molecule has 0 atom stereocenters. The van der Waals surface area contributed by atoms with Gasteiger partial charge in [0.15, 0.2) is 5.78 Å². The Labute approximate surface area is 110 Å². The summed E-state index contributed by atoms with van der Waals surface area (Å²) >= 11 is 0. The minimum absolute atomic E-state index is 0.0361. The molecule has 0 unspecified atom stereocenters. The molecule has 0 saturated carbocycles. The molecule has 0 bridgehead atoms. The molecule has 0 amide bonds. The molecule has 0 aliphatic rings. The second-order valence-corrected chi connectivity index (χ2v) is 4.27. The third-order valence-corrected chi connectivity index (χ3v) is 2.74. The van der Waals surface area contributed by atoms with Gasteiger partial charge in [-0.15, -0.1) is 0 Å². The average Bonchev–Trinajstić information content (AvgIpc) is 2.38. The van der Waals surface area contributed by atoms with Crippen molar-refractivity contribution in [2.75, 3.05) is 11.9 Å². The maximum absolute atomic E-state index is 13.3. The predicted molar refractivity (Wildman–Crippen MR) is 70.4 cm³/mol. The lowest BCUT2D eigenvalue weighted by molar-refractivity contribution is 0.101. The third kappa shape index (κ3) is 3.37. The predicted octanol–water partition coefficient (Wildman–Crippen LogP) is 3.57. The molecule has 4 heteroatoms. The maximum atomic E-state index is 13.3. The van der Waals surface area contributed by atoms with Crippen molar-refractivity contribution in [3.8, 4) is 0 Å². The molecule has 0 radical (unpaired) electrons. The van der Waals surface area contributed by atoms with E-state index in [4.69, 9.17) is 0 Å². The minimum Gasteiger partial charge on any atom is -0.375 e. The number of ketones is 1. The summed E-state index contributed by atoms with van der Waals surface area (Å²) in [6.45, 7) is 1.89. The van der Waals surface area contributed by atoms with E-state index in [-0.39, 0.29) is 18.0 Å². The summed E-state index contributed by atoms with van der Waals surface area (Å²) in [5.41, 5.74) is 1.73. The zero-order chi connectivity index (χ0) is 13.8. The van der Waals surface area contributed by atoms with Crippen molar-refractivity contribution in [1.82, 2.24) is 0 Å². The fourth-order valence-electron chi connectivity index (χ4n) is 1.65. The van der Waals surface area contributed by atoms with Crippen molar-refractivity contribution < 1.29 is 13.6 Å². The Balaban J connectivity index is 2.02. The van der Waals surface area contributed by atoms with Crippen LogP contribution >= 0.6 is 0 Å². The summed E-state index contributed by atoms with van der Waals surface area (Å²) < 4.78 is 26.1. The summed E-state index contributed by atoms with van der Waals surface area (Å²) in [4.78, 5) is 11.8. The van der Waals surface area contributed by atoms with Gasteiger partial charge in [0.1, 0.15) is 11.6 Å². The van der Waals surface area contributed by atoms with Gasteiger partial charge < -0.3 is 5.32 Å². The molecule has 0 fully saturated rings. The molecule has 19 heavy (non-hydrogen) atoms. The Hall–Kier alpha value is -2.23. The van der Waals surface area contributed by atoms with Crippen LogP contribution in [0.1, 0.15) is 15.9 Å². The number of benzene rings is 2. The molecule has 2 aromatic rings. The van der Waals surface area contributed by atoms with Crippen LogP contribution in [-0.4, -0.2) is 12.3 Å². The van der Waals surface area contributed by atoms with E-state index in [1.807, 2.05) is 19.1 Å². The number of aryl methyl sites for hydroxylation is 1. The second kappa shape index (κ2) is 5.61. The van der Waals surface area contributed by atoms with E-state index in [9.17, 15) is 13.6 Å². The number of rotatable bonds is 4. The number of hydrogen-bond donors (Lipinski definition) is 1. The Kier molecular flexibility index (Phi) is 3.90. The minimum atomic E-state index is -0.711. The highest BCUT2D eigenvalue weighted by atomic mass is 19.1. The topological polar surface area (TPSA) is 29.1 Å². The Morgan fingerprint density at radius 3 is 2.42 bits per heavy atom. The molecule has 2 nitrogen and oxygen atoms in total. The molecular formula is C15H13F2NO. The molecular weight excluding hydrogens is 248 g/mol. The Bertz CT molecular complexity index is 594. The lowest BCUT2D eigenvalue weighted by Gasteiger charge is -2.07. The lowest BCUT2D eigenvalue weighted by Crippen LogP contribution is -2.14. The summed E-state index contributed by atoms with van der Waals surface area (Å²) in [5.74, 6) is -1.51. The summed E-state index contributed by atoms with van der Waals surface area (Å²) in [5, 5.41) is 2.66. The van der Waals surface area contributed by atoms with E-state index in [2.05, 4.69) is 5.32 Å². The van der Waals surface area contributed by atoms with Crippen LogP contribution in [0.4, 0.5) is 14.5 Å². The van der Waals surface area contributed by atoms with Gasteiger partial charge in [0, 0.05) is 11.6 Å². The number of carbonyl (C=O) groups is 1.